The number of aryl methyl sites for hydroxylation is 1. The van der Waals surface area contributed by atoms with Crippen molar-refractivity contribution >= 4 is 17.6 Å². The first-order chi connectivity index (χ1) is 7.58. The van der Waals surface area contributed by atoms with Crippen LogP contribution >= 0.6 is 0 Å². The van der Waals surface area contributed by atoms with Crippen LogP contribution in [0.1, 0.15) is 28.8 Å². The molecule has 0 spiro atoms. The maximum Gasteiger partial charge on any atom is 0.335 e. The molecule has 1 fully saturated rings. The van der Waals surface area contributed by atoms with Gasteiger partial charge < -0.3 is 10.4 Å². The molecule has 0 saturated heterocycles. The summed E-state index contributed by atoms with van der Waals surface area (Å²) in [6.45, 7) is 1.84. The van der Waals surface area contributed by atoms with Crippen LogP contribution in [0.4, 0.5) is 5.69 Å². The third-order valence-corrected chi connectivity index (χ3v) is 2.69. The molecule has 84 valence electrons. The summed E-state index contributed by atoms with van der Waals surface area (Å²) in [5, 5.41) is 11.6. The minimum Gasteiger partial charge on any atom is -0.478 e. The number of amides is 1. The van der Waals surface area contributed by atoms with Gasteiger partial charge in [-0.3, -0.25) is 4.79 Å². The SMILES string of the molecule is Cc1ccc(C(=O)O)cc1NC(=O)C1CC1. The van der Waals surface area contributed by atoms with Crippen LogP contribution < -0.4 is 5.32 Å². The molecule has 1 amide bonds. The molecule has 1 aliphatic rings. The van der Waals surface area contributed by atoms with Crippen LogP contribution in [-0.4, -0.2) is 17.0 Å². The van der Waals surface area contributed by atoms with Crippen LogP contribution in [0.2, 0.25) is 0 Å². The molecule has 1 aromatic rings. The van der Waals surface area contributed by atoms with Crippen LogP contribution in [0.5, 0.6) is 0 Å². The molecule has 1 saturated carbocycles. The van der Waals surface area contributed by atoms with Gasteiger partial charge in [-0.25, -0.2) is 4.79 Å². The van der Waals surface area contributed by atoms with Gasteiger partial charge in [-0.05, 0) is 37.5 Å². The summed E-state index contributed by atoms with van der Waals surface area (Å²) in [6.07, 6.45) is 1.87. The molecule has 4 nitrogen and oxygen atoms in total. The third kappa shape index (κ3) is 2.21. The fraction of sp³-hybridized carbons (Fsp3) is 0.333. The highest BCUT2D eigenvalue weighted by Gasteiger charge is 2.29. The van der Waals surface area contributed by atoms with E-state index in [0.29, 0.717) is 5.69 Å². The molecule has 0 aliphatic heterocycles. The van der Waals surface area contributed by atoms with E-state index in [1.165, 1.54) is 12.1 Å². The van der Waals surface area contributed by atoms with Gasteiger partial charge in [0.2, 0.25) is 5.91 Å². The first-order valence-electron chi connectivity index (χ1n) is 5.23. The Bertz CT molecular complexity index is 450. The van der Waals surface area contributed by atoms with Gasteiger partial charge in [-0.2, -0.15) is 0 Å². The van der Waals surface area contributed by atoms with Crippen molar-refractivity contribution in [2.24, 2.45) is 5.92 Å². The second-order valence-corrected chi connectivity index (χ2v) is 4.10. The minimum atomic E-state index is -0.984. The number of benzene rings is 1. The summed E-state index contributed by atoms with van der Waals surface area (Å²) < 4.78 is 0. The zero-order chi connectivity index (χ0) is 11.7. The number of rotatable bonds is 3. The molecular formula is C12H13NO3. The summed E-state index contributed by atoms with van der Waals surface area (Å²) in [4.78, 5) is 22.3. The van der Waals surface area contributed by atoms with Crippen molar-refractivity contribution in [2.45, 2.75) is 19.8 Å². The Morgan fingerprint density at radius 3 is 2.62 bits per heavy atom. The van der Waals surface area contributed by atoms with Gasteiger partial charge in [0.15, 0.2) is 0 Å². The van der Waals surface area contributed by atoms with E-state index in [-0.39, 0.29) is 17.4 Å². The van der Waals surface area contributed by atoms with Crippen LogP contribution in [-0.2, 0) is 4.79 Å². The smallest absolute Gasteiger partial charge is 0.335 e. The first kappa shape index (κ1) is 10.7. The molecule has 2 N–H and O–H groups in total. The molecule has 0 aromatic heterocycles. The molecule has 0 unspecified atom stereocenters. The van der Waals surface area contributed by atoms with Gasteiger partial charge in [0.1, 0.15) is 0 Å². The highest BCUT2D eigenvalue weighted by molar-refractivity contribution is 5.96. The van der Waals surface area contributed by atoms with Crippen LogP contribution in [0.3, 0.4) is 0 Å². The molecule has 0 bridgehead atoms. The molecule has 0 atom stereocenters. The molecule has 1 aliphatic carbocycles. The maximum atomic E-state index is 11.5. The topological polar surface area (TPSA) is 66.4 Å². The lowest BCUT2D eigenvalue weighted by Gasteiger charge is -2.08. The van der Waals surface area contributed by atoms with Crippen molar-refractivity contribution in [3.8, 4) is 0 Å². The molecule has 2 rings (SSSR count). The van der Waals surface area contributed by atoms with Crippen molar-refractivity contribution in [3.63, 3.8) is 0 Å². The van der Waals surface area contributed by atoms with E-state index < -0.39 is 5.97 Å². The van der Waals surface area contributed by atoms with Crippen molar-refractivity contribution in [1.29, 1.82) is 0 Å². The van der Waals surface area contributed by atoms with E-state index in [9.17, 15) is 9.59 Å². The Morgan fingerprint density at radius 2 is 2.06 bits per heavy atom. The average molecular weight is 219 g/mol. The summed E-state index contributed by atoms with van der Waals surface area (Å²) in [5.41, 5.74) is 1.66. The second-order valence-electron chi connectivity index (χ2n) is 4.10. The number of carbonyl (C=O) groups is 2. The molecule has 0 radical (unpaired) electrons. The highest BCUT2D eigenvalue weighted by atomic mass is 16.4. The first-order valence-corrected chi connectivity index (χ1v) is 5.23. The number of nitrogens with one attached hydrogen (secondary N) is 1. The average Bonchev–Trinajstić information content (AvgIpc) is 3.04. The summed E-state index contributed by atoms with van der Waals surface area (Å²) >= 11 is 0. The zero-order valence-corrected chi connectivity index (χ0v) is 8.99. The quantitative estimate of drug-likeness (QED) is 0.817. The minimum absolute atomic E-state index is 0.00867. The Morgan fingerprint density at radius 1 is 1.38 bits per heavy atom. The molecule has 0 heterocycles. The van der Waals surface area contributed by atoms with Gasteiger partial charge >= 0.3 is 5.97 Å². The van der Waals surface area contributed by atoms with Crippen molar-refractivity contribution in [1.82, 2.24) is 0 Å². The molecule has 4 heteroatoms. The van der Waals surface area contributed by atoms with Gasteiger partial charge in [-0.15, -0.1) is 0 Å². The fourth-order valence-corrected chi connectivity index (χ4v) is 1.47. The predicted molar refractivity (Wildman–Crippen MR) is 59.5 cm³/mol. The Kier molecular flexibility index (Phi) is 2.64. The van der Waals surface area contributed by atoms with E-state index in [0.717, 1.165) is 18.4 Å². The van der Waals surface area contributed by atoms with Gasteiger partial charge in [0.25, 0.3) is 0 Å². The maximum absolute atomic E-state index is 11.5. The van der Waals surface area contributed by atoms with E-state index in [2.05, 4.69) is 5.32 Å². The largest absolute Gasteiger partial charge is 0.478 e. The Labute approximate surface area is 93.3 Å². The lowest BCUT2D eigenvalue weighted by molar-refractivity contribution is -0.117. The van der Waals surface area contributed by atoms with Gasteiger partial charge in [-0.1, -0.05) is 6.07 Å². The Hall–Kier alpha value is -1.84. The van der Waals surface area contributed by atoms with Crippen LogP contribution in [0, 0.1) is 12.8 Å². The highest BCUT2D eigenvalue weighted by Crippen LogP contribution is 2.30. The summed E-state index contributed by atoms with van der Waals surface area (Å²) in [6, 6.07) is 4.73. The standard InChI is InChI=1S/C12H13NO3/c1-7-2-3-9(12(15)16)6-10(7)13-11(14)8-4-5-8/h2-3,6,8H,4-5H2,1H3,(H,13,14)(H,15,16). The number of aromatic carboxylic acids is 1. The van der Waals surface area contributed by atoms with Crippen LogP contribution in [0.25, 0.3) is 0 Å². The molecule has 1 aromatic carbocycles. The monoisotopic (exact) mass is 219 g/mol. The van der Waals surface area contributed by atoms with E-state index in [4.69, 9.17) is 5.11 Å². The van der Waals surface area contributed by atoms with E-state index in [1.807, 2.05) is 6.92 Å². The normalized spacial score (nSPS) is 14.6. The number of hydrogen-bond donors (Lipinski definition) is 2. The van der Waals surface area contributed by atoms with Gasteiger partial charge in [0.05, 0.1) is 5.56 Å². The Balaban J connectivity index is 2.20. The lowest BCUT2D eigenvalue weighted by Crippen LogP contribution is -2.14. The van der Waals surface area contributed by atoms with Crippen molar-refractivity contribution < 1.29 is 14.7 Å². The van der Waals surface area contributed by atoms with Crippen molar-refractivity contribution in [3.05, 3.63) is 29.3 Å². The third-order valence-electron chi connectivity index (χ3n) is 2.69. The zero-order valence-electron chi connectivity index (χ0n) is 8.99. The van der Waals surface area contributed by atoms with E-state index in [1.54, 1.807) is 6.07 Å². The molecule has 16 heavy (non-hydrogen) atoms. The predicted octanol–water partition coefficient (Wildman–Crippen LogP) is 2.04. The van der Waals surface area contributed by atoms with Gasteiger partial charge in [0, 0.05) is 11.6 Å². The number of anilines is 1. The van der Waals surface area contributed by atoms with E-state index >= 15 is 0 Å². The number of carbonyl (C=O) groups excluding carboxylic acids is 1. The second kappa shape index (κ2) is 3.96. The summed E-state index contributed by atoms with van der Waals surface area (Å²) in [7, 11) is 0. The lowest BCUT2D eigenvalue weighted by atomic mass is 10.1. The molecular weight excluding hydrogens is 206 g/mol. The number of carboxylic acids is 1. The summed E-state index contributed by atoms with van der Waals surface area (Å²) in [5.74, 6) is -0.875. The fourth-order valence-electron chi connectivity index (χ4n) is 1.47. The van der Waals surface area contributed by atoms with Crippen LogP contribution in [0.15, 0.2) is 18.2 Å². The number of carboxylic acid groups (broad SMARTS) is 1. The number of hydrogen-bond acceptors (Lipinski definition) is 2. The van der Waals surface area contributed by atoms with Crippen molar-refractivity contribution in [2.75, 3.05) is 5.32 Å².